The van der Waals surface area contributed by atoms with Gasteiger partial charge in [-0.05, 0) is 30.5 Å². The van der Waals surface area contributed by atoms with Gasteiger partial charge < -0.3 is 9.55 Å². The van der Waals surface area contributed by atoms with E-state index in [4.69, 9.17) is 4.98 Å². The van der Waals surface area contributed by atoms with E-state index in [1.165, 1.54) is 5.69 Å². The summed E-state index contributed by atoms with van der Waals surface area (Å²) in [6.07, 6.45) is 2.13. The second kappa shape index (κ2) is 6.19. The second-order valence-electron chi connectivity index (χ2n) is 6.59. The maximum absolute atomic E-state index is 12.8. The number of nitrogens with one attached hydrogen (secondary N) is 1. The number of H-pyrrole nitrogens is 1. The first kappa shape index (κ1) is 16.0. The highest BCUT2D eigenvalue weighted by molar-refractivity contribution is 7.18. The molecule has 0 spiro atoms. The fraction of sp³-hybridized carbons (Fsp3) is 0.263. The molecule has 4 aromatic rings. The van der Waals surface area contributed by atoms with Crippen molar-refractivity contribution in [3.8, 4) is 10.4 Å². The van der Waals surface area contributed by atoms with E-state index >= 15 is 0 Å². The fourth-order valence-corrected chi connectivity index (χ4v) is 5.50. The van der Waals surface area contributed by atoms with Crippen LogP contribution in [0.4, 0.5) is 0 Å². The molecule has 0 bridgehead atoms. The van der Waals surface area contributed by atoms with Crippen LogP contribution in [0.25, 0.3) is 20.7 Å². The van der Waals surface area contributed by atoms with Gasteiger partial charge in [-0.15, -0.1) is 22.7 Å². The third kappa shape index (κ3) is 2.55. The van der Waals surface area contributed by atoms with Crippen LogP contribution < -0.4 is 5.56 Å². The number of hydrogen-bond acceptors (Lipinski definition) is 5. The fourth-order valence-electron chi connectivity index (χ4n) is 3.72. The molecule has 0 aromatic carbocycles. The monoisotopic (exact) mass is 382 g/mol. The molecule has 0 unspecified atom stereocenters. The molecular weight excluding hydrogens is 364 g/mol. The third-order valence-corrected chi connectivity index (χ3v) is 6.88. The average molecular weight is 383 g/mol. The molecule has 0 amide bonds. The standard InChI is InChI=1S/C19H18N4OS2/c1-12-14-4-2-6-22(14)7-8-23(12)10-16-20-18(24)17-13(11-26-19(17)21-16)15-5-3-9-25-15/h2-6,9,11-12H,7-8,10H2,1H3,(H,20,21,24)/t12-/m0/s1. The molecule has 0 radical (unpaired) electrons. The number of thiophene rings is 2. The van der Waals surface area contributed by atoms with Crippen molar-refractivity contribution >= 4 is 32.9 Å². The molecule has 5 nitrogen and oxygen atoms in total. The zero-order valence-electron chi connectivity index (χ0n) is 14.3. The summed E-state index contributed by atoms with van der Waals surface area (Å²) in [5, 5.41) is 4.78. The zero-order valence-corrected chi connectivity index (χ0v) is 15.9. The predicted octanol–water partition coefficient (Wildman–Crippen LogP) is 4.09. The van der Waals surface area contributed by atoms with E-state index in [1.54, 1.807) is 22.7 Å². The van der Waals surface area contributed by atoms with Gasteiger partial charge in [0.1, 0.15) is 10.7 Å². The summed E-state index contributed by atoms with van der Waals surface area (Å²) < 4.78 is 2.30. The van der Waals surface area contributed by atoms with Crippen molar-refractivity contribution in [2.75, 3.05) is 6.54 Å². The lowest BCUT2D eigenvalue weighted by molar-refractivity contribution is 0.157. The lowest BCUT2D eigenvalue weighted by Gasteiger charge is -2.34. The molecule has 1 atom stereocenters. The van der Waals surface area contributed by atoms with Gasteiger partial charge >= 0.3 is 0 Å². The van der Waals surface area contributed by atoms with E-state index < -0.39 is 0 Å². The number of fused-ring (bicyclic) bond motifs is 2. The Morgan fingerprint density at radius 1 is 1.27 bits per heavy atom. The Hall–Kier alpha value is -2.22. The minimum Gasteiger partial charge on any atom is -0.349 e. The first-order chi connectivity index (χ1) is 12.7. The van der Waals surface area contributed by atoms with E-state index in [1.807, 2.05) is 22.9 Å². The zero-order chi connectivity index (χ0) is 17.7. The number of rotatable bonds is 3. The van der Waals surface area contributed by atoms with Crippen LogP contribution in [0.1, 0.15) is 24.5 Å². The van der Waals surface area contributed by atoms with Gasteiger partial charge in [0.2, 0.25) is 0 Å². The molecule has 5 rings (SSSR count). The van der Waals surface area contributed by atoms with Gasteiger partial charge in [-0.2, -0.15) is 0 Å². The minimum absolute atomic E-state index is 0.0392. The number of hydrogen-bond donors (Lipinski definition) is 1. The number of aromatic nitrogens is 3. The van der Waals surface area contributed by atoms with Crippen molar-refractivity contribution in [1.29, 1.82) is 0 Å². The second-order valence-corrected chi connectivity index (χ2v) is 8.40. The van der Waals surface area contributed by atoms with E-state index in [2.05, 4.69) is 39.7 Å². The molecule has 26 heavy (non-hydrogen) atoms. The van der Waals surface area contributed by atoms with Gasteiger partial charge in [0.05, 0.1) is 11.9 Å². The first-order valence-electron chi connectivity index (χ1n) is 8.64. The van der Waals surface area contributed by atoms with Crippen molar-refractivity contribution in [2.45, 2.75) is 26.1 Å². The first-order valence-corrected chi connectivity index (χ1v) is 10.4. The Morgan fingerprint density at radius 3 is 3.04 bits per heavy atom. The number of aromatic amines is 1. The normalized spacial score (nSPS) is 17.7. The van der Waals surface area contributed by atoms with Crippen LogP contribution >= 0.6 is 22.7 Å². The highest BCUT2D eigenvalue weighted by atomic mass is 32.1. The van der Waals surface area contributed by atoms with Crippen LogP contribution in [-0.2, 0) is 13.1 Å². The van der Waals surface area contributed by atoms with Crippen LogP contribution in [-0.4, -0.2) is 26.0 Å². The van der Waals surface area contributed by atoms with E-state index in [0.717, 1.165) is 34.2 Å². The average Bonchev–Trinajstić information content (AvgIpc) is 3.36. The molecule has 4 aromatic heterocycles. The summed E-state index contributed by atoms with van der Waals surface area (Å²) in [5.41, 5.74) is 2.27. The van der Waals surface area contributed by atoms with Gasteiger partial charge in [0, 0.05) is 46.8 Å². The molecule has 1 aliphatic heterocycles. The Labute approximate surface area is 158 Å². The van der Waals surface area contributed by atoms with Crippen LogP contribution in [0, 0.1) is 0 Å². The van der Waals surface area contributed by atoms with Crippen molar-refractivity contribution in [2.24, 2.45) is 0 Å². The van der Waals surface area contributed by atoms with E-state index in [-0.39, 0.29) is 5.56 Å². The van der Waals surface area contributed by atoms with Gasteiger partial charge in [0.25, 0.3) is 5.56 Å². The van der Waals surface area contributed by atoms with Gasteiger partial charge in [0.15, 0.2) is 0 Å². The topological polar surface area (TPSA) is 53.9 Å². The summed E-state index contributed by atoms with van der Waals surface area (Å²) in [5.74, 6) is 0.744. The summed E-state index contributed by atoms with van der Waals surface area (Å²) in [4.78, 5) is 24.8. The van der Waals surface area contributed by atoms with Gasteiger partial charge in [-0.1, -0.05) is 6.07 Å². The third-order valence-electron chi connectivity index (χ3n) is 5.10. The van der Waals surface area contributed by atoms with E-state index in [9.17, 15) is 4.79 Å². The summed E-state index contributed by atoms with van der Waals surface area (Å²) in [6, 6.07) is 8.63. The molecule has 0 saturated heterocycles. The Morgan fingerprint density at radius 2 is 2.19 bits per heavy atom. The van der Waals surface area contributed by atoms with Crippen molar-refractivity contribution in [3.05, 3.63) is 63.1 Å². The largest absolute Gasteiger partial charge is 0.349 e. The Kier molecular flexibility index (Phi) is 3.81. The Balaban J connectivity index is 1.49. The van der Waals surface area contributed by atoms with Gasteiger partial charge in [-0.3, -0.25) is 9.69 Å². The molecule has 1 N–H and O–H groups in total. The highest BCUT2D eigenvalue weighted by Gasteiger charge is 2.24. The lowest BCUT2D eigenvalue weighted by atomic mass is 10.1. The van der Waals surface area contributed by atoms with Crippen LogP contribution in [0.3, 0.4) is 0 Å². The predicted molar refractivity (Wildman–Crippen MR) is 107 cm³/mol. The van der Waals surface area contributed by atoms with Crippen molar-refractivity contribution in [1.82, 2.24) is 19.4 Å². The smallest absolute Gasteiger partial charge is 0.260 e. The van der Waals surface area contributed by atoms with E-state index in [0.29, 0.717) is 18.0 Å². The molecule has 132 valence electrons. The van der Waals surface area contributed by atoms with Crippen LogP contribution in [0.2, 0.25) is 0 Å². The van der Waals surface area contributed by atoms with Crippen LogP contribution in [0.5, 0.6) is 0 Å². The van der Waals surface area contributed by atoms with Crippen molar-refractivity contribution in [3.63, 3.8) is 0 Å². The minimum atomic E-state index is -0.0392. The SMILES string of the molecule is C[C@H]1c2cccn2CCN1Cc1nc2scc(-c3cccs3)c2c(=O)[nH]1. The van der Waals surface area contributed by atoms with Gasteiger partial charge in [-0.25, -0.2) is 4.98 Å². The molecule has 5 heterocycles. The number of nitrogens with zero attached hydrogens (tertiary/aromatic N) is 3. The summed E-state index contributed by atoms with van der Waals surface area (Å²) in [7, 11) is 0. The lowest BCUT2D eigenvalue weighted by Crippen LogP contribution is -2.36. The molecule has 7 heteroatoms. The van der Waals surface area contributed by atoms with Crippen molar-refractivity contribution < 1.29 is 0 Å². The maximum atomic E-state index is 12.8. The molecule has 0 aliphatic carbocycles. The Bertz CT molecular complexity index is 1120. The molecule has 0 fully saturated rings. The molecule has 1 aliphatic rings. The highest BCUT2D eigenvalue weighted by Crippen LogP contribution is 2.33. The maximum Gasteiger partial charge on any atom is 0.260 e. The van der Waals surface area contributed by atoms with Crippen LogP contribution in [0.15, 0.2) is 46.0 Å². The summed E-state index contributed by atoms with van der Waals surface area (Å²) >= 11 is 3.19. The summed E-state index contributed by atoms with van der Waals surface area (Å²) in [6.45, 7) is 4.79. The molecule has 0 saturated carbocycles. The quantitative estimate of drug-likeness (QED) is 0.581. The molecular formula is C19H18N4OS2.